The summed E-state index contributed by atoms with van der Waals surface area (Å²) in [7, 11) is 0. The van der Waals surface area contributed by atoms with Crippen molar-refractivity contribution in [2.24, 2.45) is 11.8 Å². The fourth-order valence-corrected chi connectivity index (χ4v) is 5.28. The number of aromatic nitrogens is 1. The van der Waals surface area contributed by atoms with E-state index in [-0.39, 0.29) is 0 Å². The fourth-order valence-electron chi connectivity index (χ4n) is 5.28. The van der Waals surface area contributed by atoms with Gasteiger partial charge in [-0.15, -0.1) is 0 Å². The summed E-state index contributed by atoms with van der Waals surface area (Å²) in [6.45, 7) is 2.62. The van der Waals surface area contributed by atoms with Crippen molar-refractivity contribution in [3.05, 3.63) is 35.5 Å². The third-order valence-corrected chi connectivity index (χ3v) is 6.33. The summed E-state index contributed by atoms with van der Waals surface area (Å²) in [4.78, 5) is 6.55. The van der Waals surface area contributed by atoms with Gasteiger partial charge in [0, 0.05) is 29.7 Å². The highest BCUT2D eigenvalue weighted by Gasteiger charge is 2.40. The smallest absolute Gasteiger partial charge is 0.0504 e. The number of rotatable bonds is 0. The van der Waals surface area contributed by atoms with Crippen LogP contribution in [0.15, 0.2) is 24.3 Å². The summed E-state index contributed by atoms with van der Waals surface area (Å²) in [5.41, 5.74) is 4.50. The van der Waals surface area contributed by atoms with E-state index in [1.54, 1.807) is 11.3 Å². The molecule has 1 aromatic carbocycles. The normalized spacial score (nSPS) is 32.5. The van der Waals surface area contributed by atoms with E-state index in [2.05, 4.69) is 34.1 Å². The van der Waals surface area contributed by atoms with Crippen molar-refractivity contribution in [1.82, 2.24) is 9.88 Å². The van der Waals surface area contributed by atoms with E-state index in [1.807, 2.05) is 0 Å². The van der Waals surface area contributed by atoms with Crippen molar-refractivity contribution in [2.75, 3.05) is 13.1 Å². The molecule has 0 spiro atoms. The minimum absolute atomic E-state index is 0.667. The first-order chi connectivity index (χ1) is 10.4. The van der Waals surface area contributed by atoms with Crippen molar-refractivity contribution < 1.29 is 0 Å². The van der Waals surface area contributed by atoms with Crippen molar-refractivity contribution in [3.63, 3.8) is 0 Å². The monoisotopic (exact) mass is 280 g/mol. The minimum Gasteiger partial charge on any atom is -0.357 e. The summed E-state index contributed by atoms with van der Waals surface area (Å²) in [5.74, 6) is 1.97. The van der Waals surface area contributed by atoms with Gasteiger partial charge in [0.15, 0.2) is 0 Å². The van der Waals surface area contributed by atoms with Gasteiger partial charge in [0.05, 0.1) is 6.04 Å². The molecule has 1 N–H and O–H groups in total. The molecule has 1 saturated heterocycles. The topological polar surface area (TPSA) is 19.0 Å². The number of benzene rings is 1. The maximum atomic E-state index is 3.77. The Labute approximate surface area is 126 Å². The van der Waals surface area contributed by atoms with Crippen LogP contribution in [-0.2, 0) is 6.42 Å². The predicted molar refractivity (Wildman–Crippen MR) is 86.4 cm³/mol. The lowest BCUT2D eigenvalue weighted by Gasteiger charge is -2.48. The van der Waals surface area contributed by atoms with Crippen molar-refractivity contribution in [2.45, 2.75) is 44.6 Å². The Balaban J connectivity index is 1.56. The summed E-state index contributed by atoms with van der Waals surface area (Å²) >= 11 is 0. The van der Waals surface area contributed by atoms with Gasteiger partial charge in [-0.3, -0.25) is 4.90 Å². The van der Waals surface area contributed by atoms with Gasteiger partial charge in [-0.05, 0) is 42.7 Å². The highest BCUT2D eigenvalue weighted by Crippen LogP contribution is 2.46. The summed E-state index contributed by atoms with van der Waals surface area (Å²) in [6.07, 6.45) is 8.51. The van der Waals surface area contributed by atoms with Crippen LogP contribution < -0.4 is 0 Å². The molecule has 2 nitrogen and oxygen atoms in total. The molecule has 3 atom stereocenters. The first kappa shape index (κ1) is 12.3. The number of hydrogen-bond acceptors (Lipinski definition) is 1. The number of H-pyrrole nitrogens is 1. The van der Waals surface area contributed by atoms with E-state index < -0.39 is 0 Å². The Morgan fingerprint density at radius 1 is 1.05 bits per heavy atom. The number of fused-ring (bicyclic) bond motifs is 6. The standard InChI is InChI=1S/C19H24N2/c1-2-6-14-12-21-10-9-16-15-7-3-4-8-17(15)20-19(16)18(21)11-13(14)5-1/h3-4,7-8,13-14,18,20H,1-2,5-6,9-12H2/t13-,14+,18-/m1/s1. The molecule has 21 heavy (non-hydrogen) atoms. The molecule has 1 aromatic heterocycles. The quantitative estimate of drug-likeness (QED) is 0.763. The van der Waals surface area contributed by atoms with Gasteiger partial charge in [0.25, 0.3) is 0 Å². The molecule has 0 bridgehead atoms. The van der Waals surface area contributed by atoms with E-state index in [0.29, 0.717) is 6.04 Å². The number of nitrogens with one attached hydrogen (secondary N) is 1. The minimum atomic E-state index is 0.667. The zero-order valence-electron chi connectivity index (χ0n) is 12.6. The lowest BCUT2D eigenvalue weighted by Crippen LogP contribution is -2.46. The average molecular weight is 280 g/mol. The molecule has 3 aliphatic rings. The predicted octanol–water partition coefficient (Wildman–Crippen LogP) is 4.28. The van der Waals surface area contributed by atoms with E-state index in [0.717, 1.165) is 11.8 Å². The van der Waals surface area contributed by atoms with Gasteiger partial charge in [0.1, 0.15) is 0 Å². The Morgan fingerprint density at radius 2 is 1.90 bits per heavy atom. The molecule has 3 heterocycles. The molecule has 110 valence electrons. The second kappa shape index (κ2) is 4.61. The number of nitrogens with zero attached hydrogens (tertiary/aromatic N) is 1. The van der Waals surface area contributed by atoms with Crippen LogP contribution in [0.5, 0.6) is 0 Å². The Morgan fingerprint density at radius 3 is 2.86 bits per heavy atom. The zero-order chi connectivity index (χ0) is 13.8. The summed E-state index contributed by atoms with van der Waals surface area (Å²) < 4.78 is 0. The van der Waals surface area contributed by atoms with Gasteiger partial charge in [-0.1, -0.05) is 37.5 Å². The third-order valence-electron chi connectivity index (χ3n) is 6.33. The molecule has 2 aliphatic heterocycles. The highest BCUT2D eigenvalue weighted by molar-refractivity contribution is 5.85. The van der Waals surface area contributed by atoms with Crippen LogP contribution in [0.4, 0.5) is 0 Å². The molecule has 5 rings (SSSR count). The molecular weight excluding hydrogens is 256 g/mol. The number of aromatic amines is 1. The first-order valence-electron chi connectivity index (χ1n) is 8.73. The van der Waals surface area contributed by atoms with Gasteiger partial charge in [-0.2, -0.15) is 0 Å². The van der Waals surface area contributed by atoms with Crippen molar-refractivity contribution in [1.29, 1.82) is 0 Å². The van der Waals surface area contributed by atoms with Crippen LogP contribution in [-0.4, -0.2) is 23.0 Å². The van der Waals surface area contributed by atoms with Crippen LogP contribution in [0.2, 0.25) is 0 Å². The van der Waals surface area contributed by atoms with E-state index >= 15 is 0 Å². The van der Waals surface area contributed by atoms with Crippen LogP contribution >= 0.6 is 0 Å². The largest absolute Gasteiger partial charge is 0.357 e. The molecule has 2 fully saturated rings. The van der Waals surface area contributed by atoms with Crippen LogP contribution in [0.3, 0.4) is 0 Å². The van der Waals surface area contributed by atoms with Gasteiger partial charge in [-0.25, -0.2) is 0 Å². The second-order valence-electron chi connectivity index (χ2n) is 7.36. The maximum absolute atomic E-state index is 3.77. The third kappa shape index (κ3) is 1.81. The fraction of sp³-hybridized carbons (Fsp3) is 0.579. The molecule has 1 saturated carbocycles. The van der Waals surface area contributed by atoms with Gasteiger partial charge in [0.2, 0.25) is 0 Å². The first-order valence-corrected chi connectivity index (χ1v) is 8.73. The zero-order valence-corrected chi connectivity index (χ0v) is 12.6. The van der Waals surface area contributed by atoms with Crippen molar-refractivity contribution in [3.8, 4) is 0 Å². The Bertz CT molecular complexity index is 671. The Hall–Kier alpha value is -1.28. The number of piperidine rings is 1. The molecule has 1 aliphatic carbocycles. The number of hydrogen-bond donors (Lipinski definition) is 1. The van der Waals surface area contributed by atoms with E-state index in [9.17, 15) is 0 Å². The molecular formula is C19H24N2. The molecule has 2 heteroatoms. The van der Waals surface area contributed by atoms with Crippen LogP contribution in [0.1, 0.15) is 49.4 Å². The summed E-state index contributed by atoms with van der Waals surface area (Å²) in [6, 6.07) is 9.54. The van der Waals surface area contributed by atoms with Gasteiger partial charge >= 0.3 is 0 Å². The van der Waals surface area contributed by atoms with E-state index in [1.165, 1.54) is 62.5 Å². The SMILES string of the molecule is c1ccc2c3c([nH]c2c1)[C@H]1C[C@H]2CCCC[C@H]2CN1CC3. The highest BCUT2D eigenvalue weighted by atomic mass is 15.2. The second-order valence-corrected chi connectivity index (χ2v) is 7.36. The Kier molecular flexibility index (Phi) is 2.69. The maximum Gasteiger partial charge on any atom is 0.0504 e. The van der Waals surface area contributed by atoms with E-state index in [4.69, 9.17) is 0 Å². The average Bonchev–Trinajstić information content (AvgIpc) is 2.92. The lowest BCUT2D eigenvalue weighted by atomic mass is 9.71. The lowest BCUT2D eigenvalue weighted by molar-refractivity contribution is 0.0308. The summed E-state index contributed by atoms with van der Waals surface area (Å²) in [5, 5.41) is 1.47. The molecule has 0 amide bonds. The molecule has 0 radical (unpaired) electrons. The van der Waals surface area contributed by atoms with Crippen LogP contribution in [0, 0.1) is 11.8 Å². The number of para-hydroxylation sites is 1. The molecule has 2 aromatic rings. The van der Waals surface area contributed by atoms with Crippen LogP contribution in [0.25, 0.3) is 10.9 Å². The van der Waals surface area contributed by atoms with Crippen molar-refractivity contribution >= 4 is 10.9 Å². The van der Waals surface area contributed by atoms with Gasteiger partial charge < -0.3 is 4.98 Å². The molecule has 0 unspecified atom stereocenters.